The molecule has 1 N–H and O–H groups in total. The van der Waals surface area contributed by atoms with E-state index in [0.29, 0.717) is 6.07 Å². The van der Waals surface area contributed by atoms with Crippen molar-refractivity contribution in [3.63, 3.8) is 0 Å². The molecular weight excluding hydrogens is 393 g/mol. The highest BCUT2D eigenvalue weighted by molar-refractivity contribution is 7.92. The van der Waals surface area contributed by atoms with Gasteiger partial charge in [-0.2, -0.15) is 31.2 Å². The van der Waals surface area contributed by atoms with E-state index in [9.17, 15) is 30.4 Å². The summed E-state index contributed by atoms with van der Waals surface area (Å²) in [7, 11) is -4.33. The predicted molar refractivity (Wildman–Crippen MR) is 85.6 cm³/mol. The van der Waals surface area contributed by atoms with Gasteiger partial charge in [-0.25, -0.2) is 8.78 Å². The molecule has 3 aromatic rings. The molecule has 0 aliphatic carbocycles. The topological polar surface area (TPSA) is 64.0 Å². The van der Waals surface area contributed by atoms with Crippen LogP contribution in [0.2, 0.25) is 0 Å². The van der Waals surface area contributed by atoms with Gasteiger partial charge in [-0.1, -0.05) is 24.3 Å². The highest BCUT2D eigenvalue weighted by Gasteiger charge is 2.36. The summed E-state index contributed by atoms with van der Waals surface area (Å²) in [5, 5.41) is 3.15. The van der Waals surface area contributed by atoms with Crippen LogP contribution in [0.1, 0.15) is 5.69 Å². The van der Waals surface area contributed by atoms with Crippen LogP contribution in [0.3, 0.4) is 0 Å². The minimum Gasteiger partial charge on any atom is -0.204 e. The highest BCUT2D eigenvalue weighted by Crippen LogP contribution is 2.33. The second-order valence-corrected chi connectivity index (χ2v) is 6.99. The second kappa shape index (κ2) is 6.65. The minimum absolute atomic E-state index is 0.250. The fourth-order valence-corrected chi connectivity index (χ4v) is 3.24. The molecule has 0 aliphatic rings. The lowest BCUT2D eigenvalue weighted by atomic mass is 10.1. The molecule has 0 saturated heterocycles. The van der Waals surface area contributed by atoms with Gasteiger partial charge in [-0.05, 0) is 30.3 Å². The molecule has 0 saturated carbocycles. The monoisotopic (exact) mass is 403 g/mol. The summed E-state index contributed by atoms with van der Waals surface area (Å²) >= 11 is 0. The van der Waals surface area contributed by atoms with Crippen LogP contribution in [-0.4, -0.2) is 18.3 Å². The van der Waals surface area contributed by atoms with Gasteiger partial charge in [-0.15, -0.1) is 5.10 Å². The van der Waals surface area contributed by atoms with Crippen LogP contribution in [0.5, 0.6) is 0 Å². The van der Waals surface area contributed by atoms with Crippen LogP contribution in [0.4, 0.5) is 22.0 Å². The molecule has 0 amide bonds. The number of hydrogen-bond acceptors (Lipinski definition) is 3. The van der Waals surface area contributed by atoms with E-state index in [1.165, 1.54) is 24.3 Å². The van der Waals surface area contributed by atoms with Gasteiger partial charge in [-0.3, -0.25) is 0 Å². The molecule has 3 rings (SSSR count). The van der Waals surface area contributed by atoms with Crippen molar-refractivity contribution in [2.75, 3.05) is 4.83 Å². The molecule has 11 heteroatoms. The summed E-state index contributed by atoms with van der Waals surface area (Å²) in [6.45, 7) is 0. The smallest absolute Gasteiger partial charge is 0.204 e. The van der Waals surface area contributed by atoms with E-state index < -0.39 is 44.8 Å². The van der Waals surface area contributed by atoms with Crippen LogP contribution >= 0.6 is 0 Å². The molecule has 0 aliphatic heterocycles. The maximum atomic E-state index is 14.1. The lowest BCUT2D eigenvalue weighted by Crippen LogP contribution is -2.25. The number of halogens is 5. The Morgan fingerprint density at radius 2 is 1.63 bits per heavy atom. The minimum atomic E-state index is -4.93. The normalized spacial score (nSPS) is 12.2. The van der Waals surface area contributed by atoms with Gasteiger partial charge in [0.25, 0.3) is 10.0 Å². The van der Waals surface area contributed by atoms with Gasteiger partial charge >= 0.3 is 6.18 Å². The number of nitrogens with one attached hydrogen (secondary N) is 1. The number of nitrogens with zero attached hydrogens (tertiary/aromatic N) is 2. The van der Waals surface area contributed by atoms with Gasteiger partial charge in [0.1, 0.15) is 0 Å². The second-order valence-electron chi connectivity index (χ2n) is 5.33. The number of alkyl halides is 3. The highest BCUT2D eigenvalue weighted by atomic mass is 32.2. The number of hydrogen-bond donors (Lipinski definition) is 1. The molecule has 27 heavy (non-hydrogen) atoms. The molecule has 0 radical (unpaired) electrons. The lowest BCUT2D eigenvalue weighted by molar-refractivity contribution is -0.141. The molecule has 1 heterocycles. The fraction of sp³-hybridized carbons (Fsp3) is 0.0625. The first kappa shape index (κ1) is 18.8. The molecule has 5 nitrogen and oxygen atoms in total. The van der Waals surface area contributed by atoms with Crippen LogP contribution in [0, 0.1) is 11.6 Å². The average Bonchev–Trinajstić information content (AvgIpc) is 3.01. The Morgan fingerprint density at radius 1 is 0.963 bits per heavy atom. The molecule has 142 valence electrons. The molecular formula is C16H10F5N3O2S. The van der Waals surface area contributed by atoms with Crippen LogP contribution in [-0.2, 0) is 16.2 Å². The van der Waals surface area contributed by atoms with Crippen molar-refractivity contribution in [3.8, 4) is 11.3 Å². The number of rotatable bonds is 4. The van der Waals surface area contributed by atoms with Crippen LogP contribution in [0.25, 0.3) is 11.3 Å². The summed E-state index contributed by atoms with van der Waals surface area (Å²) < 4.78 is 91.3. The van der Waals surface area contributed by atoms with E-state index >= 15 is 0 Å². The van der Waals surface area contributed by atoms with E-state index in [2.05, 4.69) is 5.10 Å². The first-order chi connectivity index (χ1) is 12.6. The zero-order valence-corrected chi connectivity index (χ0v) is 14.0. The molecule has 0 fully saturated rings. The fourth-order valence-electron chi connectivity index (χ4n) is 2.25. The lowest BCUT2D eigenvalue weighted by Gasteiger charge is -2.11. The summed E-state index contributed by atoms with van der Waals surface area (Å²) in [5.74, 6) is -2.74. The Morgan fingerprint density at radius 3 is 2.26 bits per heavy atom. The van der Waals surface area contributed by atoms with E-state index in [4.69, 9.17) is 0 Å². The Labute approximate surface area is 150 Å². The van der Waals surface area contributed by atoms with E-state index in [-0.39, 0.29) is 9.69 Å². The van der Waals surface area contributed by atoms with E-state index in [0.717, 1.165) is 18.2 Å². The first-order valence-corrected chi connectivity index (χ1v) is 8.77. The van der Waals surface area contributed by atoms with E-state index in [1.807, 2.05) is 4.83 Å². The average molecular weight is 403 g/mol. The largest absolute Gasteiger partial charge is 0.435 e. The number of benzene rings is 2. The SMILES string of the molecule is O=S(=O)(Nn1nc(C(F)(F)F)cc1-c1cccc(F)c1F)c1ccccc1. The van der Waals surface area contributed by atoms with Crippen LogP contribution in [0.15, 0.2) is 59.5 Å². The Balaban J connectivity index is 2.15. The van der Waals surface area contributed by atoms with Gasteiger partial charge < -0.3 is 0 Å². The van der Waals surface area contributed by atoms with Crippen molar-refractivity contribution in [1.29, 1.82) is 0 Å². The third-order valence-electron chi connectivity index (χ3n) is 3.49. The zero-order valence-electron chi connectivity index (χ0n) is 13.2. The van der Waals surface area contributed by atoms with Crippen LogP contribution < -0.4 is 4.83 Å². The summed E-state index contributed by atoms with van der Waals surface area (Å²) in [6, 6.07) is 10.1. The molecule has 0 spiro atoms. The first-order valence-electron chi connectivity index (χ1n) is 7.29. The Bertz CT molecular complexity index is 1080. The number of sulfonamides is 1. The third-order valence-corrected chi connectivity index (χ3v) is 4.79. The third kappa shape index (κ3) is 3.77. The van der Waals surface area contributed by atoms with Crippen molar-refractivity contribution in [2.24, 2.45) is 0 Å². The molecule has 0 atom stereocenters. The van der Waals surface area contributed by atoms with Crippen molar-refractivity contribution >= 4 is 10.0 Å². The summed E-state index contributed by atoms with van der Waals surface area (Å²) in [6.07, 6.45) is -4.93. The van der Waals surface area contributed by atoms with Gasteiger partial charge in [0.15, 0.2) is 17.3 Å². The zero-order chi connectivity index (χ0) is 19.8. The van der Waals surface area contributed by atoms with Gasteiger partial charge in [0, 0.05) is 5.56 Å². The van der Waals surface area contributed by atoms with E-state index in [1.54, 1.807) is 6.07 Å². The maximum absolute atomic E-state index is 14.1. The standard InChI is InChI=1S/C16H10F5N3O2S/c17-12-8-4-7-11(15(12)18)13-9-14(16(19,20)21)22-24(13)23-27(25,26)10-5-2-1-3-6-10/h1-9,23H. The Hall–Kier alpha value is -2.95. The van der Waals surface area contributed by atoms with Gasteiger partial charge in [0.2, 0.25) is 0 Å². The number of aromatic nitrogens is 2. The maximum Gasteiger partial charge on any atom is 0.435 e. The molecule has 0 bridgehead atoms. The quantitative estimate of drug-likeness (QED) is 0.675. The Kier molecular flexibility index (Phi) is 4.64. The summed E-state index contributed by atoms with van der Waals surface area (Å²) in [5.41, 5.74) is -2.68. The van der Waals surface area contributed by atoms with Crippen molar-refractivity contribution in [2.45, 2.75) is 11.1 Å². The van der Waals surface area contributed by atoms with Gasteiger partial charge in [0.05, 0.1) is 10.6 Å². The molecule has 1 aromatic heterocycles. The van der Waals surface area contributed by atoms with Crippen molar-refractivity contribution in [3.05, 3.63) is 71.9 Å². The molecule has 0 unspecified atom stereocenters. The van der Waals surface area contributed by atoms with Crippen molar-refractivity contribution in [1.82, 2.24) is 9.89 Å². The summed E-state index contributed by atoms with van der Waals surface area (Å²) in [4.78, 5) is 1.83. The van der Waals surface area contributed by atoms with Crippen molar-refractivity contribution < 1.29 is 30.4 Å². The molecule has 2 aromatic carbocycles. The predicted octanol–water partition coefficient (Wildman–Crippen LogP) is 3.78.